The van der Waals surface area contributed by atoms with E-state index in [-0.39, 0.29) is 12.5 Å². The van der Waals surface area contributed by atoms with Gasteiger partial charge in [-0.1, -0.05) is 13.8 Å². The molecule has 18 heavy (non-hydrogen) atoms. The molecular formula is C13H22N2O3. The highest BCUT2D eigenvalue weighted by molar-refractivity contribution is 5.78. The molecule has 0 aliphatic rings. The molecule has 1 aromatic heterocycles. The molecule has 1 rings (SSSR count). The van der Waals surface area contributed by atoms with Gasteiger partial charge in [0.2, 0.25) is 5.91 Å². The second-order valence-electron chi connectivity index (χ2n) is 4.49. The van der Waals surface area contributed by atoms with Gasteiger partial charge in [-0.2, -0.15) is 0 Å². The molecule has 0 bridgehead atoms. The zero-order chi connectivity index (χ0) is 13.6. The molecule has 1 aromatic rings. The van der Waals surface area contributed by atoms with Gasteiger partial charge in [0, 0.05) is 0 Å². The lowest BCUT2D eigenvalue weighted by Crippen LogP contribution is -2.43. The fourth-order valence-electron chi connectivity index (χ4n) is 1.65. The van der Waals surface area contributed by atoms with Gasteiger partial charge in [0.15, 0.2) is 0 Å². The summed E-state index contributed by atoms with van der Waals surface area (Å²) in [5.41, 5.74) is -1.18. The van der Waals surface area contributed by atoms with Gasteiger partial charge < -0.3 is 14.8 Å². The van der Waals surface area contributed by atoms with Crippen molar-refractivity contribution in [2.45, 2.75) is 26.4 Å². The van der Waals surface area contributed by atoms with Crippen molar-refractivity contribution in [3.8, 4) is 0 Å². The van der Waals surface area contributed by atoms with E-state index in [2.05, 4.69) is 5.32 Å². The Hall–Kier alpha value is -1.33. The van der Waals surface area contributed by atoms with E-state index in [9.17, 15) is 9.90 Å². The van der Waals surface area contributed by atoms with Crippen molar-refractivity contribution in [3.63, 3.8) is 0 Å². The molecule has 0 saturated heterocycles. The number of rotatable bonds is 7. The van der Waals surface area contributed by atoms with Gasteiger partial charge in [-0.05, 0) is 32.1 Å². The summed E-state index contributed by atoms with van der Waals surface area (Å²) in [4.78, 5) is 13.7. The van der Waals surface area contributed by atoms with E-state index in [0.29, 0.717) is 12.3 Å². The Labute approximate surface area is 108 Å². The summed E-state index contributed by atoms with van der Waals surface area (Å²) in [6, 6.07) is 3.40. The zero-order valence-corrected chi connectivity index (χ0v) is 11.3. The average Bonchev–Trinajstić information content (AvgIpc) is 2.88. The van der Waals surface area contributed by atoms with Gasteiger partial charge in [-0.15, -0.1) is 0 Å². The highest BCUT2D eigenvalue weighted by Gasteiger charge is 2.26. The second kappa shape index (κ2) is 6.56. The molecule has 1 amide bonds. The standard InChI is InChI=1S/C13H22N2O3/c1-4-15(5-2)9-12(16)14-10-13(3,17)11-7-6-8-18-11/h6-8,17H,4-5,9-10H2,1-3H3,(H,14,16). The SMILES string of the molecule is CCN(CC)CC(=O)NCC(C)(O)c1ccco1. The van der Waals surface area contributed by atoms with E-state index in [1.807, 2.05) is 18.7 Å². The molecule has 102 valence electrons. The minimum Gasteiger partial charge on any atom is -0.466 e. The first-order valence-electron chi connectivity index (χ1n) is 6.25. The lowest BCUT2D eigenvalue weighted by atomic mass is 10.0. The largest absolute Gasteiger partial charge is 0.466 e. The molecule has 1 unspecified atom stereocenters. The molecule has 2 N–H and O–H groups in total. The molecule has 5 nitrogen and oxygen atoms in total. The predicted octanol–water partition coefficient (Wildman–Crippen LogP) is 0.945. The Kier molecular flexibility index (Phi) is 5.37. The van der Waals surface area contributed by atoms with E-state index in [4.69, 9.17) is 4.42 Å². The molecule has 0 radical (unpaired) electrons. The number of hydrogen-bond acceptors (Lipinski definition) is 4. The first-order valence-corrected chi connectivity index (χ1v) is 6.25. The Balaban J connectivity index is 2.43. The van der Waals surface area contributed by atoms with Crippen LogP contribution in [0.5, 0.6) is 0 Å². The van der Waals surface area contributed by atoms with Crippen LogP contribution in [0.25, 0.3) is 0 Å². The summed E-state index contributed by atoms with van der Waals surface area (Å²) >= 11 is 0. The van der Waals surface area contributed by atoms with Crippen LogP contribution in [-0.2, 0) is 10.4 Å². The van der Waals surface area contributed by atoms with Crippen molar-refractivity contribution in [1.82, 2.24) is 10.2 Å². The number of amides is 1. The highest BCUT2D eigenvalue weighted by atomic mass is 16.4. The molecule has 1 atom stereocenters. The summed E-state index contributed by atoms with van der Waals surface area (Å²) in [6.45, 7) is 7.79. The smallest absolute Gasteiger partial charge is 0.234 e. The average molecular weight is 254 g/mol. The third-order valence-electron chi connectivity index (χ3n) is 2.94. The molecule has 1 heterocycles. The van der Waals surface area contributed by atoms with Crippen molar-refractivity contribution < 1.29 is 14.3 Å². The fourth-order valence-corrected chi connectivity index (χ4v) is 1.65. The number of likely N-dealkylation sites (N-methyl/N-ethyl adjacent to an activating group) is 1. The van der Waals surface area contributed by atoms with E-state index in [1.54, 1.807) is 19.1 Å². The fraction of sp³-hybridized carbons (Fsp3) is 0.615. The monoisotopic (exact) mass is 254 g/mol. The summed E-state index contributed by atoms with van der Waals surface area (Å²) in [6.07, 6.45) is 1.50. The first kappa shape index (κ1) is 14.7. The Morgan fingerprint density at radius 2 is 2.17 bits per heavy atom. The molecule has 0 fully saturated rings. The van der Waals surface area contributed by atoms with Gasteiger partial charge >= 0.3 is 0 Å². The van der Waals surface area contributed by atoms with Gasteiger partial charge in [-0.25, -0.2) is 0 Å². The lowest BCUT2D eigenvalue weighted by molar-refractivity contribution is -0.123. The van der Waals surface area contributed by atoms with Crippen LogP contribution in [0.15, 0.2) is 22.8 Å². The van der Waals surface area contributed by atoms with Crippen LogP contribution < -0.4 is 5.32 Å². The molecule has 0 aliphatic heterocycles. The first-order chi connectivity index (χ1) is 8.49. The lowest BCUT2D eigenvalue weighted by Gasteiger charge is -2.23. The van der Waals surface area contributed by atoms with Crippen LogP contribution in [0.4, 0.5) is 0 Å². The third kappa shape index (κ3) is 4.16. The molecular weight excluding hydrogens is 232 g/mol. The molecule has 0 aliphatic carbocycles. The molecule has 0 spiro atoms. The Morgan fingerprint density at radius 3 is 2.67 bits per heavy atom. The van der Waals surface area contributed by atoms with Crippen LogP contribution >= 0.6 is 0 Å². The quantitative estimate of drug-likeness (QED) is 0.760. The van der Waals surface area contributed by atoms with Crippen molar-refractivity contribution in [3.05, 3.63) is 24.2 Å². The summed E-state index contributed by atoms with van der Waals surface area (Å²) in [5, 5.41) is 12.9. The van der Waals surface area contributed by atoms with E-state index >= 15 is 0 Å². The number of hydrogen-bond donors (Lipinski definition) is 2. The van der Waals surface area contributed by atoms with Gasteiger partial charge in [0.1, 0.15) is 11.4 Å². The maximum Gasteiger partial charge on any atom is 0.234 e. The number of nitrogens with zero attached hydrogens (tertiary/aromatic N) is 1. The summed E-state index contributed by atoms with van der Waals surface area (Å²) < 4.78 is 5.14. The van der Waals surface area contributed by atoms with Gasteiger partial charge in [0.25, 0.3) is 0 Å². The van der Waals surface area contributed by atoms with Crippen molar-refractivity contribution >= 4 is 5.91 Å². The number of furan rings is 1. The predicted molar refractivity (Wildman–Crippen MR) is 69.1 cm³/mol. The zero-order valence-electron chi connectivity index (χ0n) is 11.3. The number of aliphatic hydroxyl groups is 1. The van der Waals surface area contributed by atoms with Crippen molar-refractivity contribution in [2.75, 3.05) is 26.2 Å². The van der Waals surface area contributed by atoms with Gasteiger partial charge in [0.05, 0.1) is 19.4 Å². The molecule has 0 saturated carbocycles. The molecule has 0 aromatic carbocycles. The minimum absolute atomic E-state index is 0.0921. The topological polar surface area (TPSA) is 65.7 Å². The van der Waals surface area contributed by atoms with Crippen molar-refractivity contribution in [2.24, 2.45) is 0 Å². The van der Waals surface area contributed by atoms with E-state index in [1.165, 1.54) is 6.26 Å². The normalized spacial score (nSPS) is 14.5. The van der Waals surface area contributed by atoms with Crippen LogP contribution in [0.3, 0.4) is 0 Å². The van der Waals surface area contributed by atoms with Crippen LogP contribution in [0.1, 0.15) is 26.5 Å². The number of carbonyl (C=O) groups excluding carboxylic acids is 1. The van der Waals surface area contributed by atoms with Crippen molar-refractivity contribution in [1.29, 1.82) is 0 Å². The van der Waals surface area contributed by atoms with Crippen LogP contribution in [-0.4, -0.2) is 42.1 Å². The maximum atomic E-state index is 11.7. The summed E-state index contributed by atoms with van der Waals surface area (Å²) in [5.74, 6) is 0.358. The number of nitrogens with one attached hydrogen (secondary N) is 1. The van der Waals surface area contributed by atoms with Gasteiger partial charge in [-0.3, -0.25) is 9.69 Å². The summed E-state index contributed by atoms with van der Waals surface area (Å²) in [7, 11) is 0. The third-order valence-corrected chi connectivity index (χ3v) is 2.94. The number of carbonyl (C=O) groups is 1. The Morgan fingerprint density at radius 1 is 1.50 bits per heavy atom. The Bertz CT molecular complexity index is 356. The van der Waals surface area contributed by atoms with Crippen LogP contribution in [0, 0.1) is 0 Å². The minimum atomic E-state index is -1.18. The maximum absolute atomic E-state index is 11.7. The van der Waals surface area contributed by atoms with Crippen LogP contribution in [0.2, 0.25) is 0 Å². The molecule has 5 heteroatoms. The van der Waals surface area contributed by atoms with E-state index < -0.39 is 5.60 Å². The second-order valence-corrected chi connectivity index (χ2v) is 4.49. The van der Waals surface area contributed by atoms with E-state index in [0.717, 1.165) is 13.1 Å². The highest BCUT2D eigenvalue weighted by Crippen LogP contribution is 2.19.